The lowest BCUT2D eigenvalue weighted by Gasteiger charge is -2.22. The number of aryl methyl sites for hydroxylation is 1. The number of benzene rings is 2. The number of rotatable bonds is 17. The highest BCUT2D eigenvalue weighted by molar-refractivity contribution is 6.06. The van der Waals surface area contributed by atoms with Gasteiger partial charge in [0, 0.05) is 12.6 Å². The maximum absolute atomic E-state index is 12.6. The lowest BCUT2D eigenvalue weighted by molar-refractivity contribution is -0.124. The number of carbonyl (C=O) groups is 2. The van der Waals surface area contributed by atoms with Crippen molar-refractivity contribution in [2.24, 2.45) is 5.73 Å². The molecule has 2 aromatic carbocycles. The summed E-state index contributed by atoms with van der Waals surface area (Å²) in [6.45, 7) is 1.55. The van der Waals surface area contributed by atoms with E-state index >= 15 is 0 Å². The second kappa shape index (κ2) is 16.4. The molecule has 1 aliphatic heterocycles. The topological polar surface area (TPSA) is 122 Å². The zero-order valence-corrected chi connectivity index (χ0v) is 23.4. The standard InChI is InChI=1S/C33H42N2O5/c1-2-3-4-5-9-12-29(37)21-30(38)16-15-25-19-32(40-23-36)31(39)18-27(25)17-28-22-35-33(34)20-26(28)14-13-24-10-7-6-8-11-24/h6-8,10-11,15-16,18-20,22,33,35-36,39H,2-5,9,12-14,17,21,23,34H2,1H3. The first kappa shape index (κ1) is 30.9. The number of Topliss-reactive ketones (excluding diaryl/α,β-unsaturated/α-hetero) is 1. The predicted octanol–water partition coefficient (Wildman–Crippen LogP) is 5.50. The highest BCUT2D eigenvalue weighted by atomic mass is 16.6. The SMILES string of the molecule is CCCCCCCC(=O)CC(=O)C=Cc1cc(OCO)c(O)cc1CC1=CNC(N)C=C1CCc1ccccc1. The number of hydrogen-bond donors (Lipinski definition) is 4. The van der Waals surface area contributed by atoms with Crippen LogP contribution in [0.15, 0.2) is 72.0 Å². The molecule has 214 valence electrons. The molecule has 0 fully saturated rings. The molecule has 1 atom stereocenters. The molecule has 7 nitrogen and oxygen atoms in total. The van der Waals surface area contributed by atoms with Gasteiger partial charge >= 0.3 is 0 Å². The van der Waals surface area contributed by atoms with Crippen LogP contribution in [-0.2, 0) is 22.4 Å². The summed E-state index contributed by atoms with van der Waals surface area (Å²) in [6, 6.07) is 13.4. The van der Waals surface area contributed by atoms with E-state index in [1.54, 1.807) is 18.2 Å². The third-order valence-electron chi connectivity index (χ3n) is 6.97. The zero-order chi connectivity index (χ0) is 28.7. The van der Waals surface area contributed by atoms with Crippen LogP contribution in [0.1, 0.15) is 75.0 Å². The Bertz CT molecular complexity index is 1220. The van der Waals surface area contributed by atoms with Crippen molar-refractivity contribution < 1.29 is 24.5 Å². The van der Waals surface area contributed by atoms with Crippen LogP contribution in [0.2, 0.25) is 0 Å². The Morgan fingerprint density at radius 2 is 1.82 bits per heavy atom. The molecule has 5 N–H and O–H groups in total. The molecule has 7 heteroatoms. The van der Waals surface area contributed by atoms with E-state index in [-0.39, 0.29) is 35.7 Å². The number of unbranched alkanes of at least 4 members (excludes halogenated alkanes) is 4. The minimum atomic E-state index is -0.596. The molecule has 40 heavy (non-hydrogen) atoms. The van der Waals surface area contributed by atoms with Gasteiger partial charge in [0.05, 0.1) is 12.6 Å². The van der Waals surface area contributed by atoms with Gasteiger partial charge in [-0.25, -0.2) is 0 Å². The summed E-state index contributed by atoms with van der Waals surface area (Å²) in [4.78, 5) is 24.8. The molecule has 0 saturated carbocycles. The Morgan fingerprint density at radius 1 is 1.05 bits per heavy atom. The first-order valence-electron chi connectivity index (χ1n) is 14.2. The van der Waals surface area contributed by atoms with Crippen molar-refractivity contribution in [3.05, 3.63) is 88.7 Å². The Balaban J connectivity index is 1.73. The Hall–Kier alpha value is -3.68. The smallest absolute Gasteiger partial charge is 0.186 e. The number of aliphatic hydroxyl groups excluding tert-OH is 1. The first-order valence-corrected chi connectivity index (χ1v) is 14.2. The number of phenols is 1. The highest BCUT2D eigenvalue weighted by Crippen LogP contribution is 2.33. The molecule has 2 aromatic rings. The second-order valence-corrected chi connectivity index (χ2v) is 10.2. The fraction of sp³-hybridized carbons (Fsp3) is 0.394. The Kier molecular flexibility index (Phi) is 12.7. The van der Waals surface area contributed by atoms with Gasteiger partial charge in [0.25, 0.3) is 0 Å². The molecule has 1 heterocycles. The van der Waals surface area contributed by atoms with Crippen LogP contribution in [-0.4, -0.2) is 34.7 Å². The molecule has 0 bridgehead atoms. The normalized spacial score (nSPS) is 14.9. The lowest BCUT2D eigenvalue weighted by Crippen LogP contribution is -2.35. The second-order valence-electron chi connectivity index (χ2n) is 10.2. The van der Waals surface area contributed by atoms with Gasteiger partial charge in [-0.15, -0.1) is 0 Å². The van der Waals surface area contributed by atoms with E-state index in [1.807, 2.05) is 30.5 Å². The Morgan fingerprint density at radius 3 is 2.58 bits per heavy atom. The average molecular weight is 547 g/mol. The summed E-state index contributed by atoms with van der Waals surface area (Å²) in [6.07, 6.45) is 14.3. The van der Waals surface area contributed by atoms with Gasteiger partial charge < -0.3 is 26.0 Å². The summed E-state index contributed by atoms with van der Waals surface area (Å²) < 4.78 is 5.17. The van der Waals surface area contributed by atoms with Gasteiger partial charge in [-0.1, -0.05) is 69.0 Å². The molecule has 3 rings (SSSR count). The highest BCUT2D eigenvalue weighted by Gasteiger charge is 2.17. The molecule has 0 aromatic heterocycles. The maximum atomic E-state index is 12.6. The largest absolute Gasteiger partial charge is 0.504 e. The summed E-state index contributed by atoms with van der Waals surface area (Å²) in [5.74, 6) is -0.319. The first-order chi connectivity index (χ1) is 19.4. The number of carbonyl (C=O) groups excluding carboxylic acids is 2. The third kappa shape index (κ3) is 10.1. The average Bonchev–Trinajstić information content (AvgIpc) is 2.94. The number of nitrogens with two attached hydrogens (primary N) is 1. The van der Waals surface area contributed by atoms with E-state index in [0.717, 1.165) is 61.7 Å². The van der Waals surface area contributed by atoms with E-state index in [9.17, 15) is 19.8 Å². The van der Waals surface area contributed by atoms with Crippen molar-refractivity contribution in [1.29, 1.82) is 0 Å². The number of hydrogen-bond acceptors (Lipinski definition) is 7. The summed E-state index contributed by atoms with van der Waals surface area (Å²) >= 11 is 0. The van der Waals surface area contributed by atoms with Gasteiger partial charge in [0.1, 0.15) is 5.78 Å². The van der Waals surface area contributed by atoms with Gasteiger partial charge in [-0.2, -0.15) is 0 Å². The summed E-state index contributed by atoms with van der Waals surface area (Å²) in [7, 11) is 0. The monoisotopic (exact) mass is 546 g/mol. The van der Waals surface area contributed by atoms with Crippen molar-refractivity contribution in [3.8, 4) is 11.5 Å². The minimum Gasteiger partial charge on any atom is -0.504 e. The van der Waals surface area contributed by atoms with E-state index in [1.165, 1.54) is 11.6 Å². The Labute approximate surface area is 237 Å². The van der Waals surface area contributed by atoms with Crippen molar-refractivity contribution in [1.82, 2.24) is 5.32 Å². The van der Waals surface area contributed by atoms with Crippen molar-refractivity contribution >= 4 is 17.6 Å². The van der Waals surface area contributed by atoms with Gasteiger partial charge in [0.2, 0.25) is 0 Å². The van der Waals surface area contributed by atoms with E-state index in [2.05, 4.69) is 24.4 Å². The number of ketones is 2. The number of dihydropyridines is 1. The minimum absolute atomic E-state index is 0.0515. The molecule has 1 unspecified atom stereocenters. The van der Waals surface area contributed by atoms with Gasteiger partial charge in [-0.3, -0.25) is 9.59 Å². The molecule has 0 radical (unpaired) electrons. The lowest BCUT2D eigenvalue weighted by atomic mass is 9.90. The number of ether oxygens (including phenoxy) is 1. The molecular formula is C33H42N2O5. The van der Waals surface area contributed by atoms with Crippen LogP contribution in [0.25, 0.3) is 6.08 Å². The van der Waals surface area contributed by atoms with Gasteiger partial charge in [-0.05, 0) is 77.8 Å². The molecule has 0 amide bonds. The molecular weight excluding hydrogens is 504 g/mol. The fourth-order valence-corrected chi connectivity index (χ4v) is 4.77. The molecule has 0 saturated heterocycles. The summed E-state index contributed by atoms with van der Waals surface area (Å²) in [5.41, 5.74) is 10.9. The number of nitrogens with one attached hydrogen (secondary N) is 1. The number of phenolic OH excluding ortho intramolecular Hbond substituents is 1. The van der Waals surface area contributed by atoms with Crippen LogP contribution in [0.5, 0.6) is 11.5 Å². The number of aromatic hydroxyl groups is 1. The number of allylic oxidation sites excluding steroid dienone is 3. The molecule has 1 aliphatic rings. The van der Waals surface area contributed by atoms with Crippen LogP contribution in [0.4, 0.5) is 0 Å². The van der Waals surface area contributed by atoms with Crippen molar-refractivity contribution in [2.45, 2.75) is 77.3 Å². The predicted molar refractivity (Wildman–Crippen MR) is 159 cm³/mol. The molecule has 0 aliphatic carbocycles. The summed E-state index contributed by atoms with van der Waals surface area (Å²) in [5, 5.41) is 22.9. The molecule has 0 spiro atoms. The van der Waals surface area contributed by atoms with Crippen LogP contribution in [0.3, 0.4) is 0 Å². The van der Waals surface area contributed by atoms with Crippen molar-refractivity contribution in [3.63, 3.8) is 0 Å². The van der Waals surface area contributed by atoms with Crippen molar-refractivity contribution in [2.75, 3.05) is 6.79 Å². The quantitative estimate of drug-likeness (QED) is 0.0895. The van der Waals surface area contributed by atoms with Crippen LogP contribution < -0.4 is 15.8 Å². The maximum Gasteiger partial charge on any atom is 0.186 e. The number of aliphatic hydroxyl groups is 1. The van der Waals surface area contributed by atoms with Crippen LogP contribution >= 0.6 is 0 Å². The third-order valence-corrected chi connectivity index (χ3v) is 6.97. The van der Waals surface area contributed by atoms with E-state index in [0.29, 0.717) is 18.4 Å². The zero-order valence-electron chi connectivity index (χ0n) is 23.4. The van der Waals surface area contributed by atoms with Gasteiger partial charge in [0.15, 0.2) is 24.1 Å². The van der Waals surface area contributed by atoms with Crippen LogP contribution in [0, 0.1) is 0 Å². The van der Waals surface area contributed by atoms with E-state index in [4.69, 9.17) is 10.5 Å². The van der Waals surface area contributed by atoms with E-state index < -0.39 is 6.79 Å². The fourth-order valence-electron chi connectivity index (χ4n) is 4.77.